The molecule has 1 N–H and O–H groups in total. The van der Waals surface area contributed by atoms with Gasteiger partial charge in [0.2, 0.25) is 0 Å². The van der Waals surface area contributed by atoms with Crippen LogP contribution in [0.3, 0.4) is 0 Å². The number of aromatic nitrogens is 2. The van der Waals surface area contributed by atoms with Crippen molar-refractivity contribution < 1.29 is 9.90 Å². The van der Waals surface area contributed by atoms with E-state index in [9.17, 15) is 9.90 Å². The van der Waals surface area contributed by atoms with Crippen LogP contribution in [0.25, 0.3) is 0 Å². The molecule has 1 aromatic rings. The van der Waals surface area contributed by atoms with Crippen LogP contribution < -0.4 is 0 Å². The Bertz CT molecular complexity index is 483. The van der Waals surface area contributed by atoms with Crippen molar-refractivity contribution in [2.75, 3.05) is 0 Å². The predicted octanol–water partition coefficient (Wildman–Crippen LogP) is 3.64. The summed E-state index contributed by atoms with van der Waals surface area (Å²) in [5.41, 5.74) is 0.874. The fourth-order valence-corrected chi connectivity index (χ4v) is 3.18. The SMILES string of the molecule is CCC(CC)Sc1nc(C2CC2)nc(C)c1C(=O)O. The highest BCUT2D eigenvalue weighted by molar-refractivity contribution is 7.99. The Morgan fingerprint density at radius 1 is 1.37 bits per heavy atom. The van der Waals surface area contributed by atoms with Crippen LogP contribution in [0.5, 0.6) is 0 Å². The maximum absolute atomic E-state index is 11.4. The molecule has 0 saturated heterocycles. The van der Waals surface area contributed by atoms with Gasteiger partial charge < -0.3 is 5.11 Å². The smallest absolute Gasteiger partial charge is 0.340 e. The first-order chi connectivity index (χ1) is 9.06. The molecule has 0 unspecified atom stereocenters. The third-order valence-electron chi connectivity index (χ3n) is 3.42. The van der Waals surface area contributed by atoms with E-state index >= 15 is 0 Å². The molecule has 0 spiro atoms. The summed E-state index contributed by atoms with van der Waals surface area (Å²) in [5, 5.41) is 10.4. The maximum atomic E-state index is 11.4. The fourth-order valence-electron chi connectivity index (χ4n) is 2.04. The summed E-state index contributed by atoms with van der Waals surface area (Å²) < 4.78 is 0. The lowest BCUT2D eigenvalue weighted by atomic mass is 10.2. The summed E-state index contributed by atoms with van der Waals surface area (Å²) in [5.74, 6) is 0.354. The van der Waals surface area contributed by atoms with E-state index in [4.69, 9.17) is 0 Å². The zero-order valence-corrected chi connectivity index (χ0v) is 12.5. The molecule has 104 valence electrons. The van der Waals surface area contributed by atoms with E-state index in [1.165, 1.54) is 0 Å². The lowest BCUT2D eigenvalue weighted by molar-refractivity contribution is 0.0690. The van der Waals surface area contributed by atoms with Crippen LogP contribution in [0.15, 0.2) is 5.03 Å². The highest BCUT2D eigenvalue weighted by Crippen LogP contribution is 2.40. The molecule has 0 aromatic carbocycles. The number of aromatic carboxylic acids is 1. The average molecular weight is 280 g/mol. The van der Waals surface area contributed by atoms with Crippen molar-refractivity contribution in [2.45, 2.75) is 62.6 Å². The van der Waals surface area contributed by atoms with Crippen molar-refractivity contribution >= 4 is 17.7 Å². The van der Waals surface area contributed by atoms with Crippen molar-refractivity contribution in [1.82, 2.24) is 9.97 Å². The van der Waals surface area contributed by atoms with E-state index < -0.39 is 5.97 Å². The van der Waals surface area contributed by atoms with Crippen LogP contribution in [-0.4, -0.2) is 26.3 Å². The Morgan fingerprint density at radius 2 is 2.00 bits per heavy atom. The van der Waals surface area contributed by atoms with Gasteiger partial charge >= 0.3 is 5.97 Å². The number of carboxylic acids is 1. The van der Waals surface area contributed by atoms with Gasteiger partial charge in [-0.1, -0.05) is 13.8 Å². The summed E-state index contributed by atoms with van der Waals surface area (Å²) in [7, 11) is 0. The molecule has 1 heterocycles. The second-order valence-electron chi connectivity index (χ2n) is 4.98. The average Bonchev–Trinajstić information content (AvgIpc) is 3.18. The van der Waals surface area contributed by atoms with E-state index in [2.05, 4.69) is 23.8 Å². The number of nitrogens with zero attached hydrogens (tertiary/aromatic N) is 2. The van der Waals surface area contributed by atoms with E-state index in [1.807, 2.05) is 0 Å². The van der Waals surface area contributed by atoms with Gasteiger partial charge in [-0.25, -0.2) is 14.8 Å². The molecule has 0 aliphatic heterocycles. The molecule has 0 atom stereocenters. The van der Waals surface area contributed by atoms with Gasteiger partial charge in [-0.15, -0.1) is 11.8 Å². The van der Waals surface area contributed by atoms with Crippen LogP contribution >= 0.6 is 11.8 Å². The largest absolute Gasteiger partial charge is 0.478 e. The van der Waals surface area contributed by atoms with Crippen molar-refractivity contribution in [3.63, 3.8) is 0 Å². The van der Waals surface area contributed by atoms with Gasteiger partial charge in [-0.3, -0.25) is 0 Å². The van der Waals surface area contributed by atoms with Crippen molar-refractivity contribution in [3.05, 3.63) is 17.1 Å². The standard InChI is InChI=1S/C14H20N2O2S/c1-4-10(5-2)19-13-11(14(17)18)8(3)15-12(16-13)9-6-7-9/h9-10H,4-7H2,1-3H3,(H,17,18). The van der Waals surface area contributed by atoms with Crippen molar-refractivity contribution in [2.24, 2.45) is 0 Å². The minimum atomic E-state index is -0.923. The number of hydrogen-bond donors (Lipinski definition) is 1. The molecule has 1 fully saturated rings. The number of thioether (sulfide) groups is 1. The molecule has 0 radical (unpaired) electrons. The number of hydrogen-bond acceptors (Lipinski definition) is 4. The molecule has 4 nitrogen and oxygen atoms in total. The number of carbonyl (C=O) groups is 1. The van der Waals surface area contributed by atoms with Crippen LogP contribution in [0.4, 0.5) is 0 Å². The molecular weight excluding hydrogens is 260 g/mol. The topological polar surface area (TPSA) is 63.1 Å². The van der Waals surface area contributed by atoms with Gasteiger partial charge in [0.1, 0.15) is 16.4 Å². The molecule has 5 heteroatoms. The first-order valence-electron chi connectivity index (χ1n) is 6.85. The highest BCUT2D eigenvalue weighted by atomic mass is 32.2. The van der Waals surface area contributed by atoms with Crippen molar-refractivity contribution in [1.29, 1.82) is 0 Å². The van der Waals surface area contributed by atoms with Crippen molar-refractivity contribution in [3.8, 4) is 0 Å². The first kappa shape index (κ1) is 14.3. The Balaban J connectivity index is 2.38. The molecule has 2 rings (SSSR count). The number of carboxylic acid groups (broad SMARTS) is 1. The lowest BCUT2D eigenvalue weighted by Gasteiger charge is -2.15. The molecule has 0 amide bonds. The number of rotatable bonds is 6. The molecule has 1 saturated carbocycles. The second-order valence-corrected chi connectivity index (χ2v) is 6.27. The Morgan fingerprint density at radius 3 is 2.47 bits per heavy atom. The van der Waals surface area contributed by atoms with Gasteiger partial charge in [-0.05, 0) is 32.6 Å². The second kappa shape index (κ2) is 5.90. The molecule has 1 aliphatic rings. The summed E-state index contributed by atoms with van der Waals surface area (Å²) in [4.78, 5) is 20.3. The van der Waals surface area contributed by atoms with E-state index in [-0.39, 0.29) is 5.56 Å². The van der Waals surface area contributed by atoms with Gasteiger partial charge in [0.15, 0.2) is 0 Å². The molecule has 19 heavy (non-hydrogen) atoms. The van der Waals surface area contributed by atoms with Crippen LogP contribution in [0.1, 0.15) is 67.3 Å². The van der Waals surface area contributed by atoms with E-state index in [1.54, 1.807) is 18.7 Å². The Labute approximate surface area is 118 Å². The first-order valence-corrected chi connectivity index (χ1v) is 7.73. The minimum Gasteiger partial charge on any atom is -0.478 e. The lowest BCUT2D eigenvalue weighted by Crippen LogP contribution is -2.11. The zero-order valence-electron chi connectivity index (χ0n) is 11.6. The predicted molar refractivity (Wildman–Crippen MR) is 75.9 cm³/mol. The van der Waals surface area contributed by atoms with Gasteiger partial charge in [-0.2, -0.15) is 0 Å². The highest BCUT2D eigenvalue weighted by Gasteiger charge is 2.29. The molecule has 0 bridgehead atoms. The zero-order chi connectivity index (χ0) is 14.0. The number of aryl methyl sites for hydroxylation is 1. The third-order valence-corrected chi connectivity index (χ3v) is 4.94. The third kappa shape index (κ3) is 3.26. The Kier molecular flexibility index (Phi) is 4.45. The summed E-state index contributed by atoms with van der Waals surface area (Å²) >= 11 is 1.59. The minimum absolute atomic E-state index is 0.279. The molecule has 1 aliphatic carbocycles. The van der Waals surface area contributed by atoms with E-state index in [0.717, 1.165) is 31.5 Å². The van der Waals surface area contributed by atoms with Crippen LogP contribution in [0.2, 0.25) is 0 Å². The quantitative estimate of drug-likeness (QED) is 0.636. The summed E-state index contributed by atoms with van der Waals surface area (Å²) in [6, 6.07) is 0. The van der Waals surface area contributed by atoms with Gasteiger partial charge in [0, 0.05) is 11.2 Å². The molecule has 1 aromatic heterocycles. The monoisotopic (exact) mass is 280 g/mol. The van der Waals surface area contributed by atoms with E-state index in [0.29, 0.717) is 21.9 Å². The summed E-state index contributed by atoms with van der Waals surface area (Å²) in [6.07, 6.45) is 4.28. The normalized spacial score (nSPS) is 14.9. The molecular formula is C14H20N2O2S. The Hall–Kier alpha value is -1.10. The maximum Gasteiger partial charge on any atom is 0.340 e. The fraction of sp³-hybridized carbons (Fsp3) is 0.643. The summed E-state index contributed by atoms with van der Waals surface area (Å²) in [6.45, 7) is 6.02. The van der Waals surface area contributed by atoms with Crippen LogP contribution in [-0.2, 0) is 0 Å². The van der Waals surface area contributed by atoms with Crippen LogP contribution in [0, 0.1) is 6.92 Å². The van der Waals surface area contributed by atoms with Gasteiger partial charge in [0.25, 0.3) is 0 Å². The van der Waals surface area contributed by atoms with Gasteiger partial charge in [0.05, 0.1) is 5.69 Å².